The fourth-order valence-electron chi connectivity index (χ4n) is 3.46. The molecule has 4 heterocycles. The molecule has 0 N–H and O–H groups in total. The molecule has 8 heteroatoms. The Morgan fingerprint density at radius 3 is 2.35 bits per heavy atom. The normalized spacial score (nSPS) is 15.1. The Hall–Kier alpha value is -3.29. The van der Waals surface area contributed by atoms with E-state index in [0.717, 1.165) is 48.8 Å². The average molecular weight is 349 g/mol. The minimum atomic E-state index is -0.286. The van der Waals surface area contributed by atoms with Crippen molar-refractivity contribution < 1.29 is 4.39 Å². The van der Waals surface area contributed by atoms with Crippen LogP contribution in [0.1, 0.15) is 0 Å². The Labute approximate surface area is 148 Å². The van der Waals surface area contributed by atoms with Crippen molar-refractivity contribution in [3.63, 3.8) is 0 Å². The largest absolute Gasteiger partial charge is 0.352 e. The van der Waals surface area contributed by atoms with Crippen molar-refractivity contribution in [3.05, 3.63) is 55.1 Å². The van der Waals surface area contributed by atoms with Gasteiger partial charge in [-0.1, -0.05) is 0 Å². The van der Waals surface area contributed by atoms with Crippen LogP contribution in [-0.4, -0.2) is 50.5 Å². The van der Waals surface area contributed by atoms with Crippen molar-refractivity contribution in [1.82, 2.24) is 24.3 Å². The second kappa shape index (κ2) is 5.91. The van der Waals surface area contributed by atoms with Crippen LogP contribution in [-0.2, 0) is 0 Å². The predicted molar refractivity (Wildman–Crippen MR) is 96.9 cm³/mol. The molecule has 0 amide bonds. The first-order valence-electron chi connectivity index (χ1n) is 8.47. The number of halogens is 1. The van der Waals surface area contributed by atoms with E-state index in [0.29, 0.717) is 5.52 Å². The van der Waals surface area contributed by atoms with Crippen LogP contribution in [0.5, 0.6) is 0 Å². The Morgan fingerprint density at radius 1 is 0.808 bits per heavy atom. The van der Waals surface area contributed by atoms with E-state index >= 15 is 0 Å². The van der Waals surface area contributed by atoms with E-state index < -0.39 is 0 Å². The maximum absolute atomic E-state index is 13.5. The Bertz CT molecular complexity index is 1090. The molecule has 7 nitrogen and oxygen atoms in total. The Kier molecular flexibility index (Phi) is 3.41. The summed E-state index contributed by atoms with van der Waals surface area (Å²) in [4.78, 5) is 22.0. The molecule has 1 aliphatic heterocycles. The number of piperazine rings is 1. The molecule has 0 atom stereocenters. The van der Waals surface area contributed by atoms with Crippen LogP contribution in [0.15, 0.2) is 49.3 Å². The van der Waals surface area contributed by atoms with Crippen LogP contribution < -0.4 is 9.80 Å². The van der Waals surface area contributed by atoms with Crippen molar-refractivity contribution in [1.29, 1.82) is 0 Å². The van der Waals surface area contributed by atoms with Crippen LogP contribution in [0.2, 0.25) is 0 Å². The lowest BCUT2D eigenvalue weighted by atomic mass is 10.2. The highest BCUT2D eigenvalue weighted by molar-refractivity contribution is 5.89. The fraction of sp³-hybridized carbons (Fsp3) is 0.222. The summed E-state index contributed by atoms with van der Waals surface area (Å²) in [5.74, 6) is 1.46. The van der Waals surface area contributed by atoms with Crippen molar-refractivity contribution in [3.8, 4) is 0 Å². The first-order chi connectivity index (χ1) is 12.8. The van der Waals surface area contributed by atoms with Gasteiger partial charge < -0.3 is 14.2 Å². The quantitative estimate of drug-likeness (QED) is 0.553. The predicted octanol–water partition coefficient (Wildman–Crippen LogP) is 2.14. The smallest absolute Gasteiger partial charge is 0.180 e. The zero-order valence-electron chi connectivity index (χ0n) is 14.0. The van der Waals surface area contributed by atoms with Crippen LogP contribution >= 0.6 is 0 Å². The first kappa shape index (κ1) is 15.0. The summed E-state index contributed by atoms with van der Waals surface area (Å²) in [7, 11) is 0. The topological polar surface area (TPSA) is 62.5 Å². The Balaban J connectivity index is 1.42. The molecule has 1 aromatic carbocycles. The average Bonchev–Trinajstić information content (AvgIpc) is 3.16. The summed E-state index contributed by atoms with van der Waals surface area (Å²) in [6.45, 7) is 3.22. The summed E-state index contributed by atoms with van der Waals surface area (Å²) < 4.78 is 15.4. The summed E-state index contributed by atoms with van der Waals surface area (Å²) in [5, 5.41) is 0.871. The number of hydrogen-bond acceptors (Lipinski definition) is 6. The van der Waals surface area contributed by atoms with Crippen molar-refractivity contribution in [2.45, 2.75) is 0 Å². The highest BCUT2D eigenvalue weighted by atomic mass is 19.1. The number of aromatic nitrogens is 5. The molecule has 0 bridgehead atoms. The highest BCUT2D eigenvalue weighted by Gasteiger charge is 2.22. The molecule has 0 unspecified atom stereocenters. The van der Waals surface area contributed by atoms with Gasteiger partial charge in [0.1, 0.15) is 18.0 Å². The summed E-state index contributed by atoms with van der Waals surface area (Å²) in [6.07, 6.45) is 8.89. The third kappa shape index (κ3) is 2.42. The molecule has 3 aromatic heterocycles. The number of benzene rings is 1. The fourth-order valence-corrected chi connectivity index (χ4v) is 3.46. The van der Waals surface area contributed by atoms with Crippen LogP contribution in [0, 0.1) is 5.82 Å². The number of hydrogen-bond donors (Lipinski definition) is 0. The van der Waals surface area contributed by atoms with E-state index in [9.17, 15) is 4.39 Å². The lowest BCUT2D eigenvalue weighted by Gasteiger charge is -2.36. The standard InChI is InChI=1S/C18H16FN7/c19-13-1-2-14-15(11-13)22-12-23-16(14)25-7-9-26(10-8-25)18-17-20-3-5-24(17)6-4-21-18/h1-6,11-12H,7-10H2. The van der Waals surface area contributed by atoms with Gasteiger partial charge in [-0.2, -0.15) is 0 Å². The summed E-state index contributed by atoms with van der Waals surface area (Å²) >= 11 is 0. The van der Waals surface area contributed by atoms with E-state index in [1.807, 2.05) is 16.8 Å². The molecular weight excluding hydrogens is 333 g/mol. The Morgan fingerprint density at radius 2 is 1.54 bits per heavy atom. The SMILES string of the molecule is Fc1ccc2c(N3CCN(c4nccn5ccnc45)CC3)ncnc2c1. The van der Waals surface area contributed by atoms with Gasteiger partial charge in [-0.15, -0.1) is 0 Å². The van der Waals surface area contributed by atoms with Crippen molar-refractivity contribution >= 4 is 28.2 Å². The number of anilines is 2. The molecular formula is C18H16FN7. The maximum atomic E-state index is 13.5. The van der Waals surface area contributed by atoms with Crippen molar-refractivity contribution in [2.24, 2.45) is 0 Å². The number of nitrogens with zero attached hydrogens (tertiary/aromatic N) is 7. The van der Waals surface area contributed by atoms with Crippen molar-refractivity contribution in [2.75, 3.05) is 36.0 Å². The number of fused-ring (bicyclic) bond motifs is 2. The molecule has 5 rings (SSSR count). The molecule has 130 valence electrons. The molecule has 1 fully saturated rings. The second-order valence-corrected chi connectivity index (χ2v) is 6.24. The van der Waals surface area contributed by atoms with Gasteiger partial charge in [-0.05, 0) is 12.1 Å². The molecule has 1 aliphatic rings. The van der Waals surface area contributed by atoms with E-state index in [1.165, 1.54) is 18.5 Å². The monoisotopic (exact) mass is 349 g/mol. The van der Waals surface area contributed by atoms with E-state index in [1.54, 1.807) is 18.5 Å². The minimum Gasteiger partial charge on any atom is -0.352 e. The third-order valence-corrected chi connectivity index (χ3v) is 4.75. The van der Waals surface area contributed by atoms with E-state index in [4.69, 9.17) is 0 Å². The van der Waals surface area contributed by atoms with E-state index in [-0.39, 0.29) is 5.82 Å². The molecule has 26 heavy (non-hydrogen) atoms. The number of imidazole rings is 1. The molecule has 0 spiro atoms. The molecule has 0 saturated carbocycles. The van der Waals surface area contributed by atoms with Gasteiger partial charge in [0.2, 0.25) is 0 Å². The zero-order valence-corrected chi connectivity index (χ0v) is 14.0. The first-order valence-corrected chi connectivity index (χ1v) is 8.47. The zero-order chi connectivity index (χ0) is 17.5. The lowest BCUT2D eigenvalue weighted by molar-refractivity contribution is 0.628. The van der Waals surface area contributed by atoms with Gasteiger partial charge in [0.25, 0.3) is 0 Å². The van der Waals surface area contributed by atoms with Gasteiger partial charge in [0, 0.05) is 62.4 Å². The molecule has 1 saturated heterocycles. The van der Waals surface area contributed by atoms with E-state index in [2.05, 4.69) is 29.7 Å². The third-order valence-electron chi connectivity index (χ3n) is 4.75. The van der Waals surface area contributed by atoms with Gasteiger partial charge >= 0.3 is 0 Å². The van der Waals surface area contributed by atoms with Crippen LogP contribution in [0.4, 0.5) is 16.0 Å². The highest BCUT2D eigenvalue weighted by Crippen LogP contribution is 2.26. The maximum Gasteiger partial charge on any atom is 0.180 e. The van der Waals surface area contributed by atoms with Gasteiger partial charge in [-0.3, -0.25) is 0 Å². The molecule has 0 aliphatic carbocycles. The summed E-state index contributed by atoms with van der Waals surface area (Å²) in [6, 6.07) is 4.65. The lowest BCUT2D eigenvalue weighted by Crippen LogP contribution is -2.47. The van der Waals surface area contributed by atoms with Crippen LogP contribution in [0.25, 0.3) is 16.6 Å². The van der Waals surface area contributed by atoms with Crippen LogP contribution in [0.3, 0.4) is 0 Å². The molecule has 0 radical (unpaired) electrons. The number of rotatable bonds is 2. The van der Waals surface area contributed by atoms with Gasteiger partial charge in [-0.25, -0.2) is 24.3 Å². The molecule has 4 aromatic rings. The second-order valence-electron chi connectivity index (χ2n) is 6.24. The van der Waals surface area contributed by atoms with Gasteiger partial charge in [0.15, 0.2) is 11.5 Å². The minimum absolute atomic E-state index is 0.286. The summed E-state index contributed by atoms with van der Waals surface area (Å²) in [5.41, 5.74) is 1.49. The van der Waals surface area contributed by atoms with Gasteiger partial charge in [0.05, 0.1) is 5.52 Å².